The van der Waals surface area contributed by atoms with Gasteiger partial charge < -0.3 is 10.2 Å². The Labute approximate surface area is 116 Å². The molecule has 1 aromatic carbocycles. The first-order chi connectivity index (χ1) is 9.19. The molecule has 1 heterocycles. The first-order valence-electron chi connectivity index (χ1n) is 7.19. The molecule has 0 radical (unpaired) electrons. The molecule has 1 saturated heterocycles. The minimum atomic E-state index is 0.292. The summed E-state index contributed by atoms with van der Waals surface area (Å²) in [6.07, 6.45) is 3.76. The molecule has 1 atom stereocenters. The SMILES string of the molecule is CNC1CCCN(C(=O)CCc2ccc(C)cc2)C1. The second-order valence-electron chi connectivity index (χ2n) is 5.45. The summed E-state index contributed by atoms with van der Waals surface area (Å²) < 4.78 is 0. The van der Waals surface area contributed by atoms with Crippen LogP contribution in [-0.4, -0.2) is 37.0 Å². The lowest BCUT2D eigenvalue weighted by molar-refractivity contribution is -0.132. The van der Waals surface area contributed by atoms with Crippen LogP contribution in [0.1, 0.15) is 30.4 Å². The monoisotopic (exact) mass is 260 g/mol. The van der Waals surface area contributed by atoms with Gasteiger partial charge in [-0.2, -0.15) is 0 Å². The zero-order valence-electron chi connectivity index (χ0n) is 12.0. The number of aryl methyl sites for hydroxylation is 2. The van der Waals surface area contributed by atoms with Crippen molar-refractivity contribution in [2.45, 2.75) is 38.6 Å². The number of amides is 1. The minimum absolute atomic E-state index is 0.292. The predicted molar refractivity (Wildman–Crippen MR) is 78.2 cm³/mol. The van der Waals surface area contributed by atoms with E-state index in [2.05, 4.69) is 36.5 Å². The molecule has 0 bridgehead atoms. The van der Waals surface area contributed by atoms with Crippen LogP contribution in [0.25, 0.3) is 0 Å². The van der Waals surface area contributed by atoms with Crippen molar-refractivity contribution < 1.29 is 4.79 Å². The number of hydrogen-bond acceptors (Lipinski definition) is 2. The third-order valence-electron chi connectivity index (χ3n) is 3.93. The fourth-order valence-corrected chi connectivity index (χ4v) is 2.60. The quantitative estimate of drug-likeness (QED) is 0.899. The first kappa shape index (κ1) is 14.1. The Morgan fingerprint density at radius 3 is 2.79 bits per heavy atom. The van der Waals surface area contributed by atoms with Crippen LogP contribution in [0.3, 0.4) is 0 Å². The van der Waals surface area contributed by atoms with Crippen molar-refractivity contribution in [2.75, 3.05) is 20.1 Å². The van der Waals surface area contributed by atoms with E-state index in [-0.39, 0.29) is 0 Å². The summed E-state index contributed by atoms with van der Waals surface area (Å²) in [5.41, 5.74) is 2.52. The van der Waals surface area contributed by atoms with Crippen LogP contribution in [0.2, 0.25) is 0 Å². The van der Waals surface area contributed by atoms with Gasteiger partial charge in [0.2, 0.25) is 5.91 Å². The molecule has 0 spiro atoms. The molecule has 19 heavy (non-hydrogen) atoms. The van der Waals surface area contributed by atoms with Gasteiger partial charge in [-0.05, 0) is 38.8 Å². The molecule has 3 heteroatoms. The Bertz CT molecular complexity index is 413. The molecule has 1 unspecified atom stereocenters. The van der Waals surface area contributed by atoms with Gasteiger partial charge in [0.25, 0.3) is 0 Å². The average Bonchev–Trinajstić information content (AvgIpc) is 2.46. The van der Waals surface area contributed by atoms with E-state index in [0.29, 0.717) is 18.4 Å². The molecule has 104 valence electrons. The number of carbonyl (C=O) groups excluding carboxylic acids is 1. The lowest BCUT2D eigenvalue weighted by atomic mass is 10.0. The van der Waals surface area contributed by atoms with Crippen LogP contribution in [0, 0.1) is 6.92 Å². The van der Waals surface area contributed by atoms with Gasteiger partial charge in [-0.25, -0.2) is 0 Å². The molecule has 0 aliphatic carbocycles. The summed E-state index contributed by atoms with van der Waals surface area (Å²) >= 11 is 0. The smallest absolute Gasteiger partial charge is 0.222 e. The van der Waals surface area contributed by atoms with Crippen LogP contribution in [0.15, 0.2) is 24.3 Å². The second-order valence-corrected chi connectivity index (χ2v) is 5.45. The van der Waals surface area contributed by atoms with E-state index >= 15 is 0 Å². The maximum absolute atomic E-state index is 12.2. The van der Waals surface area contributed by atoms with E-state index in [1.54, 1.807) is 0 Å². The maximum Gasteiger partial charge on any atom is 0.222 e. The zero-order chi connectivity index (χ0) is 13.7. The van der Waals surface area contributed by atoms with Crippen LogP contribution >= 0.6 is 0 Å². The van der Waals surface area contributed by atoms with Crippen molar-refractivity contribution in [3.05, 3.63) is 35.4 Å². The third-order valence-corrected chi connectivity index (χ3v) is 3.93. The number of piperidine rings is 1. The van der Waals surface area contributed by atoms with Gasteiger partial charge in [-0.15, -0.1) is 0 Å². The molecule has 1 amide bonds. The van der Waals surface area contributed by atoms with E-state index < -0.39 is 0 Å². The van der Waals surface area contributed by atoms with Gasteiger partial charge in [0.1, 0.15) is 0 Å². The minimum Gasteiger partial charge on any atom is -0.341 e. The Morgan fingerprint density at radius 2 is 2.11 bits per heavy atom. The Kier molecular flexibility index (Phi) is 4.97. The third kappa shape index (κ3) is 4.06. The van der Waals surface area contributed by atoms with Crippen molar-refractivity contribution >= 4 is 5.91 Å². The highest BCUT2D eigenvalue weighted by Gasteiger charge is 2.21. The molecular formula is C16H24N2O. The number of rotatable bonds is 4. The van der Waals surface area contributed by atoms with Crippen molar-refractivity contribution in [3.63, 3.8) is 0 Å². The zero-order valence-corrected chi connectivity index (χ0v) is 12.0. The normalized spacial score (nSPS) is 19.5. The maximum atomic E-state index is 12.2. The number of hydrogen-bond donors (Lipinski definition) is 1. The van der Waals surface area contributed by atoms with Gasteiger partial charge in [-0.1, -0.05) is 29.8 Å². The van der Waals surface area contributed by atoms with E-state index in [0.717, 1.165) is 25.9 Å². The van der Waals surface area contributed by atoms with Crippen LogP contribution in [0.4, 0.5) is 0 Å². The number of likely N-dealkylation sites (N-methyl/N-ethyl adjacent to an activating group) is 1. The van der Waals surface area contributed by atoms with Crippen molar-refractivity contribution in [1.82, 2.24) is 10.2 Å². The number of benzene rings is 1. The molecule has 3 nitrogen and oxygen atoms in total. The molecule has 1 aliphatic rings. The van der Waals surface area contributed by atoms with E-state index in [4.69, 9.17) is 0 Å². The highest BCUT2D eigenvalue weighted by atomic mass is 16.2. The highest BCUT2D eigenvalue weighted by Crippen LogP contribution is 2.13. The fourth-order valence-electron chi connectivity index (χ4n) is 2.60. The van der Waals surface area contributed by atoms with Crippen LogP contribution < -0.4 is 5.32 Å². The lowest BCUT2D eigenvalue weighted by Crippen LogP contribution is -2.47. The summed E-state index contributed by atoms with van der Waals surface area (Å²) in [5, 5.41) is 3.27. The number of likely N-dealkylation sites (tertiary alicyclic amines) is 1. The Hall–Kier alpha value is -1.35. The molecule has 1 fully saturated rings. The standard InChI is InChI=1S/C16H24N2O/c1-13-5-7-14(8-6-13)9-10-16(19)18-11-3-4-15(12-18)17-2/h5-8,15,17H,3-4,9-12H2,1-2H3. The summed E-state index contributed by atoms with van der Waals surface area (Å²) in [7, 11) is 1.98. The molecule has 0 saturated carbocycles. The van der Waals surface area contributed by atoms with Gasteiger partial charge >= 0.3 is 0 Å². The molecule has 1 N–H and O–H groups in total. The first-order valence-corrected chi connectivity index (χ1v) is 7.19. The molecule has 0 aromatic heterocycles. The number of nitrogens with zero attached hydrogens (tertiary/aromatic N) is 1. The summed E-state index contributed by atoms with van der Waals surface area (Å²) in [5.74, 6) is 0.292. The van der Waals surface area contributed by atoms with Gasteiger partial charge in [0.15, 0.2) is 0 Å². The Morgan fingerprint density at radius 1 is 1.37 bits per heavy atom. The predicted octanol–water partition coefficient (Wildman–Crippen LogP) is 2.14. The largest absolute Gasteiger partial charge is 0.341 e. The molecule has 2 rings (SSSR count). The fraction of sp³-hybridized carbons (Fsp3) is 0.562. The summed E-state index contributed by atoms with van der Waals surface area (Å²) in [6.45, 7) is 3.87. The van der Waals surface area contributed by atoms with Crippen molar-refractivity contribution in [1.29, 1.82) is 0 Å². The summed E-state index contributed by atoms with van der Waals surface area (Å²) in [6, 6.07) is 8.93. The number of nitrogens with one attached hydrogen (secondary N) is 1. The van der Waals surface area contributed by atoms with Crippen molar-refractivity contribution in [3.8, 4) is 0 Å². The Balaban J connectivity index is 1.82. The van der Waals surface area contributed by atoms with Crippen LogP contribution in [-0.2, 0) is 11.2 Å². The van der Waals surface area contributed by atoms with E-state index in [1.165, 1.54) is 17.5 Å². The lowest BCUT2D eigenvalue weighted by Gasteiger charge is -2.32. The topological polar surface area (TPSA) is 32.3 Å². The second kappa shape index (κ2) is 6.71. The van der Waals surface area contributed by atoms with E-state index in [1.807, 2.05) is 11.9 Å². The van der Waals surface area contributed by atoms with Crippen molar-refractivity contribution in [2.24, 2.45) is 0 Å². The average molecular weight is 260 g/mol. The highest BCUT2D eigenvalue weighted by molar-refractivity contribution is 5.76. The van der Waals surface area contributed by atoms with Gasteiger partial charge in [-0.3, -0.25) is 4.79 Å². The summed E-state index contributed by atoms with van der Waals surface area (Å²) in [4.78, 5) is 14.2. The molecule has 1 aliphatic heterocycles. The van der Waals surface area contributed by atoms with Gasteiger partial charge in [0, 0.05) is 25.6 Å². The number of carbonyl (C=O) groups is 1. The van der Waals surface area contributed by atoms with Crippen LogP contribution in [0.5, 0.6) is 0 Å². The van der Waals surface area contributed by atoms with E-state index in [9.17, 15) is 4.79 Å². The van der Waals surface area contributed by atoms with Gasteiger partial charge in [0.05, 0.1) is 0 Å². The molecular weight excluding hydrogens is 236 g/mol. The molecule has 1 aromatic rings.